The third-order valence-corrected chi connectivity index (χ3v) is 4.39. The quantitative estimate of drug-likeness (QED) is 0.553. The topological polar surface area (TPSA) is 3.24 Å². The van der Waals surface area contributed by atoms with Gasteiger partial charge in [0.15, 0.2) is 0 Å². The van der Waals surface area contributed by atoms with Gasteiger partial charge in [0.2, 0.25) is 0 Å². The lowest BCUT2D eigenvalue weighted by atomic mass is 11.0. The molecule has 0 aromatic rings. The van der Waals surface area contributed by atoms with Crippen molar-refractivity contribution < 1.29 is 0 Å². The maximum atomic E-state index is 2.27. The van der Waals surface area contributed by atoms with Gasteiger partial charge in [0.05, 0.1) is 0 Å². The van der Waals surface area contributed by atoms with E-state index in [-0.39, 0.29) is 0 Å². The van der Waals surface area contributed by atoms with Gasteiger partial charge in [0, 0.05) is 11.5 Å². The molecular weight excluding hydrogens is 138 g/mol. The van der Waals surface area contributed by atoms with E-state index in [1.807, 2.05) is 23.5 Å². The van der Waals surface area contributed by atoms with Crippen molar-refractivity contribution >= 4 is 23.5 Å². The van der Waals surface area contributed by atoms with Gasteiger partial charge in [-0.05, 0) is 14.1 Å². The Kier molecular flexibility index (Phi) is 2.53. The minimum atomic E-state index is 0.731. The number of thioether (sulfide) groups is 2. The molecule has 0 N–H and O–H groups in total. The van der Waals surface area contributed by atoms with Gasteiger partial charge >= 0.3 is 0 Å². The van der Waals surface area contributed by atoms with Gasteiger partial charge in [0.1, 0.15) is 4.71 Å². The van der Waals surface area contributed by atoms with Crippen LogP contribution in [0.25, 0.3) is 0 Å². The fourth-order valence-corrected chi connectivity index (χ4v) is 3.38. The van der Waals surface area contributed by atoms with E-state index in [1.54, 1.807) is 0 Å². The first-order valence-corrected chi connectivity index (χ1v) is 4.80. The lowest BCUT2D eigenvalue weighted by Crippen LogP contribution is -2.18. The largest absolute Gasteiger partial charge is 0.289 e. The molecule has 0 aromatic carbocycles. The molecular formula is C5H11NS2. The van der Waals surface area contributed by atoms with E-state index in [9.17, 15) is 0 Å². The zero-order valence-corrected chi connectivity index (χ0v) is 6.89. The minimum absolute atomic E-state index is 0.731. The molecule has 0 aliphatic carbocycles. The number of hydrogen-bond donors (Lipinski definition) is 0. The van der Waals surface area contributed by atoms with Crippen LogP contribution in [0.3, 0.4) is 0 Å². The molecule has 0 bridgehead atoms. The lowest BCUT2D eigenvalue weighted by Gasteiger charge is -2.15. The first-order chi connectivity index (χ1) is 3.80. The maximum absolute atomic E-state index is 2.27. The van der Waals surface area contributed by atoms with Gasteiger partial charge in [-0.3, -0.25) is 4.90 Å². The molecule has 1 aliphatic rings. The van der Waals surface area contributed by atoms with Crippen LogP contribution >= 0.6 is 23.5 Å². The van der Waals surface area contributed by atoms with Crippen molar-refractivity contribution in [2.75, 3.05) is 25.6 Å². The van der Waals surface area contributed by atoms with Crippen LogP contribution in [0.1, 0.15) is 0 Å². The molecule has 3 heteroatoms. The molecule has 1 nitrogen and oxygen atoms in total. The molecule has 0 aromatic heterocycles. The second-order valence-electron chi connectivity index (χ2n) is 2.01. The first-order valence-electron chi connectivity index (χ1n) is 2.70. The smallest absolute Gasteiger partial charge is 0.102 e. The van der Waals surface area contributed by atoms with Crippen LogP contribution in [0.15, 0.2) is 0 Å². The monoisotopic (exact) mass is 149 g/mol. The minimum Gasteiger partial charge on any atom is -0.289 e. The average Bonchev–Trinajstić information content (AvgIpc) is 2.12. The Bertz CT molecular complexity index is 68.8. The number of nitrogens with zero attached hydrogens (tertiary/aromatic N) is 1. The molecule has 0 saturated carbocycles. The van der Waals surface area contributed by atoms with Crippen molar-refractivity contribution in [3.8, 4) is 0 Å². The Labute approximate surface area is 59.2 Å². The Hall–Kier alpha value is 0.660. The second-order valence-corrected chi connectivity index (χ2v) is 4.69. The number of rotatable bonds is 1. The predicted molar refractivity (Wildman–Crippen MR) is 42.4 cm³/mol. The lowest BCUT2D eigenvalue weighted by molar-refractivity contribution is 0.462. The van der Waals surface area contributed by atoms with Crippen LogP contribution in [-0.2, 0) is 0 Å². The van der Waals surface area contributed by atoms with Gasteiger partial charge in [-0.1, -0.05) is 0 Å². The van der Waals surface area contributed by atoms with Crippen molar-refractivity contribution in [2.45, 2.75) is 4.71 Å². The second kappa shape index (κ2) is 2.99. The molecule has 1 rings (SSSR count). The third-order valence-electron chi connectivity index (χ3n) is 1.03. The highest BCUT2D eigenvalue weighted by Crippen LogP contribution is 2.32. The fraction of sp³-hybridized carbons (Fsp3) is 1.00. The first kappa shape index (κ1) is 6.78. The van der Waals surface area contributed by atoms with Crippen molar-refractivity contribution in [2.24, 2.45) is 0 Å². The van der Waals surface area contributed by atoms with Crippen molar-refractivity contribution in [1.29, 1.82) is 0 Å². The Balaban J connectivity index is 2.24. The SMILES string of the molecule is CN(C)C1SCCS1. The van der Waals surface area contributed by atoms with Crippen molar-refractivity contribution in [1.82, 2.24) is 4.90 Å². The highest BCUT2D eigenvalue weighted by molar-refractivity contribution is 8.20. The van der Waals surface area contributed by atoms with Crippen LogP contribution in [0.4, 0.5) is 0 Å². The Morgan fingerprint density at radius 1 is 1.25 bits per heavy atom. The highest BCUT2D eigenvalue weighted by atomic mass is 32.2. The van der Waals surface area contributed by atoms with E-state index in [1.165, 1.54) is 11.5 Å². The van der Waals surface area contributed by atoms with Gasteiger partial charge in [-0.15, -0.1) is 23.5 Å². The molecule has 0 amide bonds. The van der Waals surface area contributed by atoms with E-state index in [0.29, 0.717) is 0 Å². The standard InChI is InChI=1S/C5H11NS2/c1-6(2)5-7-3-4-8-5/h5H,3-4H2,1-2H3. The van der Waals surface area contributed by atoms with Crippen molar-refractivity contribution in [3.63, 3.8) is 0 Å². The third kappa shape index (κ3) is 1.57. The molecule has 1 saturated heterocycles. The summed E-state index contributed by atoms with van der Waals surface area (Å²) < 4.78 is 0.731. The predicted octanol–water partition coefficient (Wildman–Crippen LogP) is 1.31. The summed E-state index contributed by atoms with van der Waals surface area (Å²) >= 11 is 4.08. The zero-order chi connectivity index (χ0) is 5.98. The normalized spacial score (nSPS) is 22.9. The molecule has 8 heavy (non-hydrogen) atoms. The molecule has 1 aliphatic heterocycles. The number of hydrogen-bond acceptors (Lipinski definition) is 3. The molecule has 1 heterocycles. The van der Waals surface area contributed by atoms with E-state index in [4.69, 9.17) is 0 Å². The highest BCUT2D eigenvalue weighted by Gasteiger charge is 2.16. The molecule has 0 radical (unpaired) electrons. The summed E-state index contributed by atoms with van der Waals surface area (Å²) in [5.41, 5.74) is 0. The summed E-state index contributed by atoms with van der Waals surface area (Å²) in [6.07, 6.45) is 0. The summed E-state index contributed by atoms with van der Waals surface area (Å²) in [4.78, 5) is 2.27. The van der Waals surface area contributed by atoms with Crippen LogP contribution in [0, 0.1) is 0 Å². The fourth-order valence-electron chi connectivity index (χ4n) is 0.644. The molecule has 0 unspecified atom stereocenters. The Morgan fingerprint density at radius 3 is 2.00 bits per heavy atom. The van der Waals surface area contributed by atoms with Gasteiger partial charge < -0.3 is 0 Å². The maximum Gasteiger partial charge on any atom is 0.102 e. The van der Waals surface area contributed by atoms with Gasteiger partial charge in [-0.2, -0.15) is 0 Å². The van der Waals surface area contributed by atoms with Crippen LogP contribution in [0.2, 0.25) is 0 Å². The molecule has 0 spiro atoms. The van der Waals surface area contributed by atoms with Crippen LogP contribution in [0.5, 0.6) is 0 Å². The molecule has 48 valence electrons. The zero-order valence-electron chi connectivity index (χ0n) is 5.26. The molecule has 1 fully saturated rings. The van der Waals surface area contributed by atoms with Crippen molar-refractivity contribution in [3.05, 3.63) is 0 Å². The van der Waals surface area contributed by atoms with Crippen LogP contribution in [-0.4, -0.2) is 35.2 Å². The van der Waals surface area contributed by atoms with Gasteiger partial charge in [0.25, 0.3) is 0 Å². The molecule has 0 atom stereocenters. The van der Waals surface area contributed by atoms with Gasteiger partial charge in [-0.25, -0.2) is 0 Å². The van der Waals surface area contributed by atoms with E-state index < -0.39 is 0 Å². The average molecular weight is 149 g/mol. The van der Waals surface area contributed by atoms with E-state index in [0.717, 1.165) is 4.71 Å². The summed E-state index contributed by atoms with van der Waals surface area (Å²) in [5, 5.41) is 0. The van der Waals surface area contributed by atoms with E-state index in [2.05, 4.69) is 19.0 Å². The van der Waals surface area contributed by atoms with Crippen LogP contribution < -0.4 is 0 Å². The summed E-state index contributed by atoms with van der Waals surface area (Å²) in [6, 6.07) is 0. The van der Waals surface area contributed by atoms with E-state index >= 15 is 0 Å². The summed E-state index contributed by atoms with van der Waals surface area (Å²) in [5.74, 6) is 2.65. The summed E-state index contributed by atoms with van der Waals surface area (Å²) in [7, 11) is 4.27. The Morgan fingerprint density at radius 2 is 1.75 bits per heavy atom. The summed E-state index contributed by atoms with van der Waals surface area (Å²) in [6.45, 7) is 0.